The van der Waals surface area contributed by atoms with Crippen LogP contribution in [0.4, 0.5) is 5.13 Å². The lowest BCUT2D eigenvalue weighted by molar-refractivity contribution is -0.118. The van der Waals surface area contributed by atoms with Crippen molar-refractivity contribution in [3.63, 3.8) is 0 Å². The van der Waals surface area contributed by atoms with E-state index in [-0.39, 0.29) is 11.8 Å². The largest absolute Gasteiger partial charge is 0.340 e. The molecule has 2 N–H and O–H groups in total. The number of anilines is 1. The number of aryl methyl sites for hydroxylation is 1. The van der Waals surface area contributed by atoms with Gasteiger partial charge in [0.1, 0.15) is 6.04 Å². The number of nitrogens with one attached hydrogen (secondary N) is 2. The number of thiazole rings is 1. The third-order valence-electron chi connectivity index (χ3n) is 5.20. The van der Waals surface area contributed by atoms with Crippen LogP contribution in [0.1, 0.15) is 47.1 Å². The Labute approximate surface area is 185 Å². The maximum absolute atomic E-state index is 12.9. The number of hydrogen-bond acceptors (Lipinski definition) is 5. The van der Waals surface area contributed by atoms with E-state index >= 15 is 0 Å². The maximum atomic E-state index is 12.9. The highest BCUT2D eigenvalue weighted by molar-refractivity contribution is 7.98. The summed E-state index contributed by atoms with van der Waals surface area (Å²) in [4.78, 5) is 31.4. The minimum Gasteiger partial charge on any atom is -0.340 e. The van der Waals surface area contributed by atoms with Crippen LogP contribution in [0.2, 0.25) is 5.02 Å². The second-order valence-corrected chi connectivity index (χ2v) is 9.66. The number of rotatable bonds is 8. The molecule has 0 aliphatic heterocycles. The van der Waals surface area contributed by atoms with E-state index in [9.17, 15) is 9.59 Å². The SMILES string of the molecule is CCC1CCc2nc(NC(=O)C(CCSC)NC(=O)c3ccccc3Cl)sc2C1. The molecule has 2 unspecified atom stereocenters. The number of fused-ring (bicyclic) bond motifs is 1. The van der Waals surface area contributed by atoms with Crippen molar-refractivity contribution in [3.05, 3.63) is 45.4 Å². The summed E-state index contributed by atoms with van der Waals surface area (Å²) in [5.41, 5.74) is 1.47. The molecule has 29 heavy (non-hydrogen) atoms. The van der Waals surface area contributed by atoms with Crippen LogP contribution in [0.25, 0.3) is 0 Å². The van der Waals surface area contributed by atoms with Crippen LogP contribution in [0, 0.1) is 5.92 Å². The van der Waals surface area contributed by atoms with Crippen LogP contribution in [-0.2, 0) is 17.6 Å². The van der Waals surface area contributed by atoms with Gasteiger partial charge in [-0.15, -0.1) is 11.3 Å². The number of nitrogens with zero attached hydrogens (tertiary/aromatic N) is 1. The summed E-state index contributed by atoms with van der Waals surface area (Å²) >= 11 is 9.32. The van der Waals surface area contributed by atoms with Crippen molar-refractivity contribution in [3.8, 4) is 0 Å². The molecule has 5 nitrogen and oxygen atoms in total. The Morgan fingerprint density at radius 1 is 1.38 bits per heavy atom. The molecular formula is C21H26ClN3O2S2. The molecule has 1 heterocycles. The lowest BCUT2D eigenvalue weighted by Gasteiger charge is -2.18. The fraction of sp³-hybridized carbons (Fsp3) is 0.476. The summed E-state index contributed by atoms with van der Waals surface area (Å²) in [5, 5.41) is 6.75. The molecule has 1 aliphatic carbocycles. The van der Waals surface area contributed by atoms with E-state index in [2.05, 4.69) is 22.5 Å². The van der Waals surface area contributed by atoms with E-state index in [1.807, 2.05) is 6.26 Å². The first-order valence-electron chi connectivity index (χ1n) is 9.85. The Balaban J connectivity index is 1.69. The molecule has 3 rings (SSSR count). The summed E-state index contributed by atoms with van der Waals surface area (Å²) in [6.45, 7) is 2.22. The van der Waals surface area contributed by atoms with Gasteiger partial charge in [0.2, 0.25) is 5.91 Å². The van der Waals surface area contributed by atoms with Gasteiger partial charge in [-0.25, -0.2) is 4.98 Å². The molecule has 1 aromatic heterocycles. The molecule has 0 saturated heterocycles. The van der Waals surface area contributed by atoms with Gasteiger partial charge in [0.15, 0.2) is 5.13 Å². The van der Waals surface area contributed by atoms with E-state index in [0.717, 1.165) is 30.7 Å². The van der Waals surface area contributed by atoms with Gasteiger partial charge in [-0.3, -0.25) is 9.59 Å². The molecule has 2 atom stereocenters. The zero-order valence-electron chi connectivity index (χ0n) is 16.7. The molecule has 2 aromatic rings. The van der Waals surface area contributed by atoms with E-state index in [4.69, 9.17) is 11.6 Å². The predicted octanol–water partition coefficient (Wildman–Crippen LogP) is 4.80. The average molecular weight is 452 g/mol. The number of aromatic nitrogens is 1. The standard InChI is InChI=1S/C21H26ClN3O2S2/c1-3-13-8-9-16-18(12-13)29-21(24-16)25-20(27)17(10-11-28-2)23-19(26)14-6-4-5-7-15(14)22/h4-7,13,17H,3,8-12H2,1-2H3,(H,23,26)(H,24,25,27). The van der Waals surface area contributed by atoms with Crippen molar-refractivity contribution in [1.29, 1.82) is 0 Å². The highest BCUT2D eigenvalue weighted by Gasteiger charge is 2.25. The Bertz CT molecular complexity index is 871. The second kappa shape index (κ2) is 10.5. The van der Waals surface area contributed by atoms with Crippen molar-refractivity contribution >= 4 is 51.6 Å². The average Bonchev–Trinajstić information content (AvgIpc) is 3.12. The van der Waals surface area contributed by atoms with Crippen molar-refractivity contribution in [2.24, 2.45) is 5.92 Å². The van der Waals surface area contributed by atoms with Crippen molar-refractivity contribution in [2.45, 2.75) is 45.1 Å². The number of benzene rings is 1. The maximum Gasteiger partial charge on any atom is 0.253 e. The molecule has 2 amide bonds. The molecule has 1 aromatic carbocycles. The zero-order valence-corrected chi connectivity index (χ0v) is 19.1. The third-order valence-corrected chi connectivity index (χ3v) is 7.21. The van der Waals surface area contributed by atoms with Gasteiger partial charge in [0.25, 0.3) is 5.91 Å². The second-order valence-electron chi connectivity index (χ2n) is 7.18. The lowest BCUT2D eigenvalue weighted by atomic mass is 9.89. The first kappa shape index (κ1) is 22.1. The van der Waals surface area contributed by atoms with E-state index in [1.54, 1.807) is 47.4 Å². The van der Waals surface area contributed by atoms with Crippen molar-refractivity contribution < 1.29 is 9.59 Å². The van der Waals surface area contributed by atoms with Crippen molar-refractivity contribution in [1.82, 2.24) is 10.3 Å². The molecule has 0 fully saturated rings. The highest BCUT2D eigenvalue weighted by Crippen LogP contribution is 2.33. The third kappa shape index (κ3) is 5.74. The van der Waals surface area contributed by atoms with Gasteiger partial charge < -0.3 is 10.6 Å². The van der Waals surface area contributed by atoms with Gasteiger partial charge in [0, 0.05) is 4.88 Å². The predicted molar refractivity (Wildman–Crippen MR) is 122 cm³/mol. The molecule has 0 saturated carbocycles. The van der Waals surface area contributed by atoms with Crippen molar-refractivity contribution in [2.75, 3.05) is 17.3 Å². The van der Waals surface area contributed by atoms with E-state index in [0.29, 0.717) is 28.1 Å². The fourth-order valence-electron chi connectivity index (χ4n) is 3.42. The summed E-state index contributed by atoms with van der Waals surface area (Å²) in [7, 11) is 0. The quantitative estimate of drug-likeness (QED) is 0.604. The van der Waals surface area contributed by atoms with Gasteiger partial charge in [-0.05, 0) is 55.7 Å². The topological polar surface area (TPSA) is 71.1 Å². The normalized spacial score (nSPS) is 16.7. The lowest BCUT2D eigenvalue weighted by Crippen LogP contribution is -2.44. The van der Waals surface area contributed by atoms with E-state index < -0.39 is 6.04 Å². The summed E-state index contributed by atoms with van der Waals surface area (Å²) in [6.07, 6.45) is 6.85. The van der Waals surface area contributed by atoms with Crippen LogP contribution in [0.5, 0.6) is 0 Å². The molecule has 0 bridgehead atoms. The molecule has 1 aliphatic rings. The highest BCUT2D eigenvalue weighted by atomic mass is 35.5. The molecule has 156 valence electrons. The van der Waals surface area contributed by atoms with Crippen LogP contribution < -0.4 is 10.6 Å². The Hall–Kier alpha value is -1.57. The Morgan fingerprint density at radius 3 is 2.90 bits per heavy atom. The fourth-order valence-corrected chi connectivity index (χ4v) is 5.24. The number of carbonyl (C=O) groups excluding carboxylic acids is 2. The number of halogens is 1. The van der Waals surface area contributed by atoms with Gasteiger partial charge in [-0.1, -0.05) is 37.1 Å². The summed E-state index contributed by atoms with van der Waals surface area (Å²) in [5.74, 6) is 0.877. The zero-order chi connectivity index (χ0) is 20.8. The number of amides is 2. The molecule has 0 spiro atoms. The van der Waals surface area contributed by atoms with Crippen LogP contribution in [0.3, 0.4) is 0 Å². The van der Waals surface area contributed by atoms with E-state index in [1.165, 1.54) is 11.3 Å². The Kier molecular flexibility index (Phi) is 7.98. The summed E-state index contributed by atoms with van der Waals surface area (Å²) < 4.78 is 0. The van der Waals surface area contributed by atoms with Gasteiger partial charge in [-0.2, -0.15) is 11.8 Å². The monoisotopic (exact) mass is 451 g/mol. The van der Waals surface area contributed by atoms with Crippen LogP contribution in [-0.4, -0.2) is 34.8 Å². The molecule has 0 radical (unpaired) electrons. The number of thioether (sulfide) groups is 1. The minimum absolute atomic E-state index is 0.238. The van der Waals surface area contributed by atoms with Gasteiger partial charge >= 0.3 is 0 Å². The van der Waals surface area contributed by atoms with Crippen LogP contribution >= 0.6 is 34.7 Å². The summed E-state index contributed by atoms with van der Waals surface area (Å²) in [6, 6.07) is 6.19. The Morgan fingerprint density at radius 2 is 2.17 bits per heavy atom. The van der Waals surface area contributed by atoms with Gasteiger partial charge in [0.05, 0.1) is 16.3 Å². The van der Waals surface area contributed by atoms with Crippen LogP contribution in [0.15, 0.2) is 24.3 Å². The first-order chi connectivity index (χ1) is 14.0. The smallest absolute Gasteiger partial charge is 0.253 e. The minimum atomic E-state index is -0.643. The number of carbonyl (C=O) groups is 2. The first-order valence-corrected chi connectivity index (χ1v) is 12.4. The molecular weight excluding hydrogens is 426 g/mol. The number of hydrogen-bond donors (Lipinski definition) is 2. The molecule has 8 heteroatoms.